The number of rotatable bonds is 7. The summed E-state index contributed by atoms with van der Waals surface area (Å²) < 4.78 is 18.1. The third kappa shape index (κ3) is 4.99. The van der Waals surface area contributed by atoms with Crippen LogP contribution in [-0.4, -0.2) is 48.8 Å². The molecular formula is C28H29BN2O5S. The summed E-state index contributed by atoms with van der Waals surface area (Å²) in [5.74, 6) is -0.0201. The summed E-state index contributed by atoms with van der Waals surface area (Å²) in [5, 5.41) is 5.15. The van der Waals surface area contributed by atoms with Crippen molar-refractivity contribution in [3.8, 4) is 11.1 Å². The highest BCUT2D eigenvalue weighted by molar-refractivity contribution is 7.10. The summed E-state index contributed by atoms with van der Waals surface area (Å²) in [7, 11) is -0.678. The average molecular weight is 516 g/mol. The Balaban J connectivity index is 1.29. The van der Waals surface area contributed by atoms with Crippen LogP contribution in [0, 0.1) is 0 Å². The van der Waals surface area contributed by atoms with Gasteiger partial charge in [0.1, 0.15) is 17.3 Å². The van der Waals surface area contributed by atoms with E-state index in [1.54, 1.807) is 11.5 Å². The summed E-state index contributed by atoms with van der Waals surface area (Å²) in [5.41, 5.74) is 4.61. The molecule has 5 rings (SSSR count). The van der Waals surface area contributed by atoms with Gasteiger partial charge in [-0.2, -0.15) is 0 Å². The molecule has 1 aromatic heterocycles. The van der Waals surface area contributed by atoms with E-state index in [0.717, 1.165) is 11.1 Å². The molecule has 1 N–H and O–H groups in total. The highest BCUT2D eigenvalue weighted by atomic mass is 32.1. The zero-order valence-electron chi connectivity index (χ0n) is 21.3. The minimum absolute atomic E-state index is 0.0201. The molecule has 1 saturated heterocycles. The summed E-state index contributed by atoms with van der Waals surface area (Å²) in [6.45, 7) is 8.25. The van der Waals surface area contributed by atoms with Crippen LogP contribution in [0.15, 0.2) is 59.4 Å². The van der Waals surface area contributed by atoms with Crippen molar-refractivity contribution in [3.63, 3.8) is 0 Å². The lowest BCUT2D eigenvalue weighted by Gasteiger charge is -2.32. The molecule has 0 bridgehead atoms. The van der Waals surface area contributed by atoms with Crippen molar-refractivity contribution in [3.05, 3.63) is 81.2 Å². The maximum Gasteiger partial charge on any atom is 0.492 e. The van der Waals surface area contributed by atoms with Gasteiger partial charge in [-0.25, -0.2) is 9.78 Å². The molecule has 1 aliphatic carbocycles. The Bertz CT molecular complexity index is 1300. The highest BCUT2D eigenvalue weighted by Crippen LogP contribution is 2.44. The second-order valence-corrected chi connectivity index (χ2v) is 11.1. The van der Waals surface area contributed by atoms with E-state index < -0.39 is 24.4 Å². The van der Waals surface area contributed by atoms with E-state index in [-0.39, 0.29) is 19.1 Å². The van der Waals surface area contributed by atoms with E-state index in [1.165, 1.54) is 22.5 Å². The van der Waals surface area contributed by atoms with Crippen molar-refractivity contribution >= 4 is 36.9 Å². The van der Waals surface area contributed by atoms with E-state index in [9.17, 15) is 9.59 Å². The Labute approximate surface area is 221 Å². The minimum atomic E-state index is -0.678. The zero-order chi connectivity index (χ0) is 26.2. The van der Waals surface area contributed by atoms with Crippen LogP contribution in [0.4, 0.5) is 4.79 Å². The minimum Gasteiger partial charge on any atom is -0.449 e. The molecule has 1 amide bonds. The Kier molecular flexibility index (Phi) is 6.79. The Morgan fingerprint density at radius 2 is 1.65 bits per heavy atom. The molecule has 7 nitrogen and oxygen atoms in total. The van der Waals surface area contributed by atoms with Crippen molar-refractivity contribution < 1.29 is 23.6 Å². The maximum atomic E-state index is 12.8. The second kappa shape index (κ2) is 9.89. The van der Waals surface area contributed by atoms with Gasteiger partial charge in [0.15, 0.2) is 6.29 Å². The summed E-state index contributed by atoms with van der Waals surface area (Å²) in [6.07, 6.45) is 1.97. The second-order valence-electron chi connectivity index (χ2n) is 10.2. The van der Waals surface area contributed by atoms with Gasteiger partial charge in [-0.15, -0.1) is 11.3 Å². The SMILES string of the molecule is CC1(C)OB(C(=Cc2nc(C=O)cs2)CNC(=O)OCC2c3ccccc3-c3ccccc32)OC1(C)C. The van der Waals surface area contributed by atoms with Crippen molar-refractivity contribution in [1.29, 1.82) is 0 Å². The van der Waals surface area contributed by atoms with Gasteiger partial charge in [-0.3, -0.25) is 4.79 Å². The molecule has 2 heterocycles. The lowest BCUT2D eigenvalue weighted by atomic mass is 9.77. The lowest BCUT2D eigenvalue weighted by Crippen LogP contribution is -2.41. The van der Waals surface area contributed by atoms with Gasteiger partial charge in [0.2, 0.25) is 0 Å². The number of carbonyl (C=O) groups excluding carboxylic acids is 2. The molecule has 0 radical (unpaired) electrons. The monoisotopic (exact) mass is 516 g/mol. The molecule has 0 spiro atoms. The largest absolute Gasteiger partial charge is 0.492 e. The highest BCUT2D eigenvalue weighted by Gasteiger charge is 2.52. The normalized spacial score (nSPS) is 17.8. The zero-order valence-corrected chi connectivity index (χ0v) is 22.1. The van der Waals surface area contributed by atoms with Crippen LogP contribution in [0.2, 0.25) is 0 Å². The molecule has 1 aliphatic heterocycles. The number of ether oxygens (including phenoxy) is 1. The number of carbonyl (C=O) groups is 2. The van der Waals surface area contributed by atoms with Crippen LogP contribution in [-0.2, 0) is 14.0 Å². The van der Waals surface area contributed by atoms with Crippen molar-refractivity contribution in [2.24, 2.45) is 0 Å². The number of thiazole rings is 1. The van der Waals surface area contributed by atoms with Gasteiger partial charge < -0.3 is 19.4 Å². The molecule has 1 fully saturated rings. The molecule has 0 saturated carbocycles. The van der Waals surface area contributed by atoms with Gasteiger partial charge in [-0.1, -0.05) is 48.5 Å². The number of hydrogen-bond donors (Lipinski definition) is 1. The Morgan fingerprint density at radius 1 is 1.05 bits per heavy atom. The third-order valence-corrected chi connectivity index (χ3v) is 8.12. The average Bonchev–Trinajstić information content (AvgIpc) is 3.52. The summed E-state index contributed by atoms with van der Waals surface area (Å²) in [4.78, 5) is 28.2. The molecule has 3 aromatic rings. The molecule has 0 unspecified atom stereocenters. The lowest BCUT2D eigenvalue weighted by molar-refractivity contribution is 0.00578. The number of fused-ring (bicyclic) bond motifs is 3. The Morgan fingerprint density at radius 3 is 2.22 bits per heavy atom. The van der Waals surface area contributed by atoms with Crippen LogP contribution < -0.4 is 5.32 Å². The molecule has 9 heteroatoms. The first kappa shape index (κ1) is 25.4. The fourth-order valence-electron chi connectivity index (χ4n) is 4.60. The van der Waals surface area contributed by atoms with E-state index in [1.807, 2.05) is 52.0 Å². The van der Waals surface area contributed by atoms with Crippen molar-refractivity contribution in [1.82, 2.24) is 10.3 Å². The Hall–Kier alpha value is -3.27. The first-order valence-electron chi connectivity index (χ1n) is 12.2. The number of benzene rings is 2. The number of aromatic nitrogens is 1. The standard InChI is InChI=1S/C28H29BN2O5S/c1-27(2)28(3,4)36-29(35-27)18(13-25-31-19(15-32)17-37-25)14-30-26(33)34-16-24-22-11-7-5-9-20(22)21-10-6-8-12-23(21)24/h5-13,15,17,24H,14,16H2,1-4H3,(H,30,33). The fourth-order valence-corrected chi connectivity index (χ4v) is 5.33. The van der Waals surface area contributed by atoms with E-state index in [0.29, 0.717) is 22.5 Å². The maximum absolute atomic E-state index is 12.8. The van der Waals surface area contributed by atoms with Crippen molar-refractivity contribution in [2.45, 2.75) is 44.8 Å². The van der Waals surface area contributed by atoms with Gasteiger partial charge in [0, 0.05) is 17.8 Å². The summed E-state index contributed by atoms with van der Waals surface area (Å²) in [6, 6.07) is 16.4. The van der Waals surface area contributed by atoms with Crippen LogP contribution >= 0.6 is 11.3 Å². The predicted molar refractivity (Wildman–Crippen MR) is 145 cm³/mol. The van der Waals surface area contributed by atoms with Crippen LogP contribution in [0.1, 0.15) is 60.2 Å². The molecule has 37 heavy (non-hydrogen) atoms. The number of nitrogens with one attached hydrogen (secondary N) is 1. The first-order chi connectivity index (χ1) is 17.7. The van der Waals surface area contributed by atoms with Crippen LogP contribution in [0.25, 0.3) is 17.2 Å². The topological polar surface area (TPSA) is 86.8 Å². The van der Waals surface area contributed by atoms with Gasteiger partial charge in [-0.05, 0) is 61.5 Å². The number of hydrogen-bond acceptors (Lipinski definition) is 7. The van der Waals surface area contributed by atoms with E-state index in [2.05, 4.69) is 34.6 Å². The van der Waals surface area contributed by atoms with E-state index in [4.69, 9.17) is 14.0 Å². The van der Waals surface area contributed by atoms with Crippen molar-refractivity contribution in [2.75, 3.05) is 13.2 Å². The predicted octanol–water partition coefficient (Wildman–Crippen LogP) is 5.51. The number of aldehydes is 1. The number of amides is 1. The third-order valence-electron chi connectivity index (χ3n) is 7.31. The molecular weight excluding hydrogens is 487 g/mol. The van der Waals surface area contributed by atoms with Gasteiger partial charge >= 0.3 is 13.2 Å². The van der Waals surface area contributed by atoms with Crippen LogP contribution in [0.5, 0.6) is 0 Å². The molecule has 0 atom stereocenters. The smallest absolute Gasteiger partial charge is 0.449 e. The van der Waals surface area contributed by atoms with E-state index >= 15 is 0 Å². The van der Waals surface area contributed by atoms with Gasteiger partial charge in [0.25, 0.3) is 0 Å². The summed E-state index contributed by atoms with van der Waals surface area (Å²) >= 11 is 1.34. The number of nitrogens with zero attached hydrogens (tertiary/aromatic N) is 1. The van der Waals surface area contributed by atoms with Crippen LogP contribution in [0.3, 0.4) is 0 Å². The van der Waals surface area contributed by atoms with Gasteiger partial charge in [0.05, 0.1) is 11.2 Å². The molecule has 2 aliphatic rings. The molecule has 2 aromatic carbocycles. The quantitative estimate of drug-likeness (QED) is 0.329. The number of alkyl carbamates (subject to hydrolysis) is 1. The fraction of sp³-hybridized carbons (Fsp3) is 0.321. The first-order valence-corrected chi connectivity index (χ1v) is 13.1. The molecule has 190 valence electrons.